The van der Waals surface area contributed by atoms with E-state index < -0.39 is 0 Å². The van der Waals surface area contributed by atoms with Gasteiger partial charge in [0.05, 0.1) is 12.1 Å². The summed E-state index contributed by atoms with van der Waals surface area (Å²) < 4.78 is 4.66. The standard InChI is InChI=1S/C13H19N2.ClH.H2O/c1-10(2)14-9-15(11(3)4)13-8-6-5-7-12(13)14;;/h5-11H,1-4H3;1H;1H2/q+1;;/p-1. The third-order valence-electron chi connectivity index (χ3n) is 2.80. The van der Waals surface area contributed by atoms with E-state index in [0.29, 0.717) is 12.1 Å². The lowest BCUT2D eigenvalue weighted by Crippen LogP contribution is -3.00. The minimum atomic E-state index is 0. The highest BCUT2D eigenvalue weighted by Gasteiger charge is 2.18. The van der Waals surface area contributed by atoms with E-state index in [-0.39, 0.29) is 17.9 Å². The van der Waals surface area contributed by atoms with Crippen molar-refractivity contribution in [3.8, 4) is 0 Å². The summed E-state index contributed by atoms with van der Waals surface area (Å²) in [5, 5.41) is 0. The van der Waals surface area contributed by atoms with Crippen LogP contribution in [0.3, 0.4) is 0 Å². The van der Waals surface area contributed by atoms with Gasteiger partial charge in [-0.05, 0) is 39.8 Å². The number of fused-ring (bicyclic) bond motifs is 1. The van der Waals surface area contributed by atoms with E-state index in [1.807, 2.05) is 0 Å². The van der Waals surface area contributed by atoms with Gasteiger partial charge in [-0.2, -0.15) is 0 Å². The maximum atomic E-state index is 2.33. The van der Waals surface area contributed by atoms with Crippen LogP contribution in [0.15, 0.2) is 30.6 Å². The van der Waals surface area contributed by atoms with Gasteiger partial charge in [0.15, 0.2) is 11.0 Å². The van der Waals surface area contributed by atoms with Gasteiger partial charge in [0.2, 0.25) is 6.33 Å². The summed E-state index contributed by atoms with van der Waals surface area (Å²) in [5.74, 6) is 0. The number of aromatic nitrogens is 2. The Morgan fingerprint density at radius 1 is 1.06 bits per heavy atom. The molecule has 0 unspecified atom stereocenters. The molecule has 96 valence electrons. The van der Waals surface area contributed by atoms with Crippen molar-refractivity contribution in [2.75, 3.05) is 0 Å². The van der Waals surface area contributed by atoms with Crippen molar-refractivity contribution in [2.45, 2.75) is 39.8 Å². The van der Waals surface area contributed by atoms with Gasteiger partial charge in [0.25, 0.3) is 0 Å². The van der Waals surface area contributed by atoms with Gasteiger partial charge in [-0.15, -0.1) is 0 Å². The second-order valence-corrected chi connectivity index (χ2v) is 4.61. The molecule has 4 heteroatoms. The third kappa shape index (κ3) is 2.79. The van der Waals surface area contributed by atoms with Crippen molar-refractivity contribution >= 4 is 11.0 Å². The van der Waals surface area contributed by atoms with E-state index in [9.17, 15) is 0 Å². The quantitative estimate of drug-likeness (QED) is 0.636. The molecule has 0 amide bonds. The highest BCUT2D eigenvalue weighted by Crippen LogP contribution is 2.17. The minimum absolute atomic E-state index is 0. The maximum absolute atomic E-state index is 2.33. The molecule has 0 aliphatic rings. The smallest absolute Gasteiger partial charge is 0.245 e. The summed E-state index contributed by atoms with van der Waals surface area (Å²) in [7, 11) is 0. The van der Waals surface area contributed by atoms with Gasteiger partial charge in [-0.25, -0.2) is 9.13 Å². The highest BCUT2D eigenvalue weighted by molar-refractivity contribution is 5.71. The molecule has 1 aromatic carbocycles. The van der Waals surface area contributed by atoms with Crippen LogP contribution in [0, 0.1) is 0 Å². The Bertz CT molecular complexity index is 435. The predicted octanol–water partition coefficient (Wildman–Crippen LogP) is -0.730. The lowest BCUT2D eigenvalue weighted by molar-refractivity contribution is -0.692. The predicted molar refractivity (Wildman–Crippen MR) is 66.5 cm³/mol. The minimum Gasteiger partial charge on any atom is -1.00 e. The van der Waals surface area contributed by atoms with Crippen LogP contribution in [0.4, 0.5) is 0 Å². The van der Waals surface area contributed by atoms with Crippen LogP contribution in [0.2, 0.25) is 0 Å². The molecule has 0 saturated carbocycles. The second-order valence-electron chi connectivity index (χ2n) is 4.61. The summed E-state index contributed by atoms with van der Waals surface area (Å²) in [6.45, 7) is 8.88. The van der Waals surface area contributed by atoms with Crippen molar-refractivity contribution in [3.05, 3.63) is 30.6 Å². The van der Waals surface area contributed by atoms with Gasteiger partial charge in [-0.1, -0.05) is 12.1 Å². The van der Waals surface area contributed by atoms with E-state index >= 15 is 0 Å². The third-order valence-corrected chi connectivity index (χ3v) is 2.80. The molecule has 1 heterocycles. The number of nitrogens with zero attached hydrogens (tertiary/aromatic N) is 2. The number of para-hydroxylation sites is 2. The van der Waals surface area contributed by atoms with Crippen LogP contribution in [0.5, 0.6) is 0 Å². The molecule has 0 bridgehead atoms. The number of imidazole rings is 1. The first-order valence-electron chi connectivity index (χ1n) is 5.62. The summed E-state index contributed by atoms with van der Waals surface area (Å²) in [5.41, 5.74) is 2.64. The van der Waals surface area contributed by atoms with Crippen LogP contribution in [0.25, 0.3) is 11.0 Å². The van der Waals surface area contributed by atoms with E-state index in [1.165, 1.54) is 11.0 Å². The largest absolute Gasteiger partial charge is 1.00 e. The Hall–Kier alpha value is -1.06. The number of benzene rings is 1. The molecule has 3 nitrogen and oxygen atoms in total. The molecule has 0 saturated heterocycles. The lowest BCUT2D eigenvalue weighted by Gasteiger charge is -2.00. The van der Waals surface area contributed by atoms with E-state index in [4.69, 9.17) is 0 Å². The first kappa shape index (κ1) is 15.9. The zero-order valence-corrected chi connectivity index (χ0v) is 11.6. The first-order valence-corrected chi connectivity index (χ1v) is 5.62. The first-order chi connectivity index (χ1) is 7.11. The van der Waals surface area contributed by atoms with Crippen molar-refractivity contribution in [2.24, 2.45) is 0 Å². The normalized spacial score (nSPS) is 10.5. The van der Waals surface area contributed by atoms with E-state index in [1.54, 1.807) is 0 Å². The zero-order valence-electron chi connectivity index (χ0n) is 10.8. The van der Waals surface area contributed by atoms with Gasteiger partial charge < -0.3 is 17.9 Å². The Morgan fingerprint density at radius 2 is 1.65 bits per heavy atom. The van der Waals surface area contributed by atoms with Crippen LogP contribution < -0.4 is 17.0 Å². The molecule has 0 aliphatic heterocycles. The molecular formula is C13H21ClN2O. The van der Waals surface area contributed by atoms with Gasteiger partial charge in [-0.3, -0.25) is 0 Å². The van der Waals surface area contributed by atoms with Gasteiger partial charge in [0.1, 0.15) is 0 Å². The summed E-state index contributed by atoms with van der Waals surface area (Å²) in [6.07, 6.45) is 2.22. The van der Waals surface area contributed by atoms with Crippen LogP contribution >= 0.6 is 0 Å². The summed E-state index contributed by atoms with van der Waals surface area (Å²) in [6, 6.07) is 9.60. The lowest BCUT2D eigenvalue weighted by atomic mass is 10.3. The Labute approximate surface area is 109 Å². The zero-order chi connectivity index (χ0) is 11.0. The van der Waals surface area contributed by atoms with Crippen molar-refractivity contribution in [3.63, 3.8) is 0 Å². The molecule has 1 aromatic heterocycles. The molecular weight excluding hydrogens is 236 g/mol. The molecule has 17 heavy (non-hydrogen) atoms. The summed E-state index contributed by atoms with van der Waals surface area (Å²) in [4.78, 5) is 0. The average Bonchev–Trinajstić information content (AvgIpc) is 2.56. The number of halogens is 1. The Kier molecular flexibility index (Phi) is 5.66. The van der Waals surface area contributed by atoms with Crippen molar-refractivity contribution in [1.82, 2.24) is 4.57 Å². The molecule has 0 radical (unpaired) electrons. The second kappa shape index (κ2) is 6.03. The number of rotatable bonds is 2. The molecule has 0 spiro atoms. The number of hydrogen-bond donors (Lipinski definition) is 0. The van der Waals surface area contributed by atoms with Crippen molar-refractivity contribution in [1.29, 1.82) is 0 Å². The Balaban J connectivity index is 0.00000128. The molecule has 0 aliphatic carbocycles. The van der Waals surface area contributed by atoms with Crippen LogP contribution in [-0.2, 0) is 0 Å². The highest BCUT2D eigenvalue weighted by atomic mass is 35.5. The average molecular weight is 257 g/mol. The van der Waals surface area contributed by atoms with Crippen LogP contribution in [-0.4, -0.2) is 10.0 Å². The Morgan fingerprint density at radius 3 is 2.18 bits per heavy atom. The molecule has 2 rings (SSSR count). The molecule has 2 N–H and O–H groups in total. The fraction of sp³-hybridized carbons (Fsp3) is 0.462. The van der Waals surface area contributed by atoms with E-state index in [0.717, 1.165) is 0 Å². The van der Waals surface area contributed by atoms with Gasteiger partial charge >= 0.3 is 0 Å². The monoisotopic (exact) mass is 256 g/mol. The topological polar surface area (TPSA) is 40.3 Å². The number of hydrogen-bond acceptors (Lipinski definition) is 0. The van der Waals surface area contributed by atoms with Crippen molar-refractivity contribution < 1.29 is 22.5 Å². The maximum Gasteiger partial charge on any atom is 0.245 e. The van der Waals surface area contributed by atoms with Gasteiger partial charge in [0, 0.05) is 0 Å². The molecule has 2 aromatic rings. The van der Waals surface area contributed by atoms with E-state index in [2.05, 4.69) is 67.4 Å². The molecule has 0 fully saturated rings. The van der Waals surface area contributed by atoms with Crippen LogP contribution in [0.1, 0.15) is 39.8 Å². The fourth-order valence-corrected chi connectivity index (χ4v) is 1.98. The SMILES string of the molecule is CC(C)n1c[n+](C(C)C)c2ccccc21.O.[Cl-]. The summed E-state index contributed by atoms with van der Waals surface area (Å²) >= 11 is 0. The molecule has 0 atom stereocenters. The fourth-order valence-electron chi connectivity index (χ4n) is 1.98.